The number of benzene rings is 1. The van der Waals surface area contributed by atoms with Crippen molar-refractivity contribution in [3.05, 3.63) is 34.9 Å². The zero-order valence-corrected chi connectivity index (χ0v) is 13.6. The summed E-state index contributed by atoms with van der Waals surface area (Å²) in [7, 11) is 3.04. The fourth-order valence-corrected chi connectivity index (χ4v) is 3.15. The van der Waals surface area contributed by atoms with Crippen LogP contribution in [0.1, 0.15) is 31.2 Å². The van der Waals surface area contributed by atoms with Gasteiger partial charge in [0.1, 0.15) is 0 Å². The minimum absolute atomic E-state index is 0.0612. The summed E-state index contributed by atoms with van der Waals surface area (Å²) >= 11 is 5.83. The van der Waals surface area contributed by atoms with Crippen LogP contribution in [0.2, 0.25) is 5.02 Å². The van der Waals surface area contributed by atoms with Crippen LogP contribution in [0.5, 0.6) is 0 Å². The van der Waals surface area contributed by atoms with E-state index in [1.54, 1.807) is 31.3 Å². The van der Waals surface area contributed by atoms with Crippen molar-refractivity contribution in [1.82, 2.24) is 5.06 Å². The molecule has 6 heteroatoms. The van der Waals surface area contributed by atoms with E-state index in [2.05, 4.69) is 0 Å². The summed E-state index contributed by atoms with van der Waals surface area (Å²) in [6, 6.07) is 6.53. The smallest absolute Gasteiger partial charge is 0.248 e. The van der Waals surface area contributed by atoms with Gasteiger partial charge in [0.25, 0.3) is 0 Å². The van der Waals surface area contributed by atoms with E-state index >= 15 is 0 Å². The van der Waals surface area contributed by atoms with E-state index in [0.717, 1.165) is 0 Å². The topological polar surface area (TPSA) is 70.0 Å². The highest BCUT2D eigenvalue weighted by atomic mass is 35.5. The minimum Gasteiger partial charge on any atom is -0.362 e. The number of hydrogen-bond donors (Lipinski definition) is 2. The Morgan fingerprint density at radius 1 is 1.23 bits per heavy atom. The third-order valence-corrected chi connectivity index (χ3v) is 4.75. The Bertz CT molecular complexity index is 509. The molecule has 1 aromatic carbocycles. The lowest BCUT2D eigenvalue weighted by molar-refractivity contribution is -0.219. The first kappa shape index (κ1) is 17.2. The number of carbonyl (C=O) groups excluding carboxylic acids is 1. The van der Waals surface area contributed by atoms with Crippen LogP contribution in [-0.2, 0) is 15.4 Å². The van der Waals surface area contributed by atoms with Crippen molar-refractivity contribution < 1.29 is 19.8 Å². The maximum atomic E-state index is 12.1. The number of hydrogen-bond acceptors (Lipinski definition) is 4. The van der Waals surface area contributed by atoms with Gasteiger partial charge < -0.3 is 10.2 Å². The highest BCUT2D eigenvalue weighted by Gasteiger charge is 2.40. The van der Waals surface area contributed by atoms with Crippen LogP contribution >= 0.6 is 11.6 Å². The zero-order valence-electron chi connectivity index (χ0n) is 12.8. The fourth-order valence-electron chi connectivity index (χ4n) is 3.02. The van der Waals surface area contributed by atoms with Crippen LogP contribution in [-0.4, -0.2) is 35.3 Å². The molecule has 1 aliphatic rings. The van der Waals surface area contributed by atoms with E-state index in [0.29, 0.717) is 36.3 Å². The number of rotatable bonds is 4. The van der Waals surface area contributed by atoms with Gasteiger partial charge in [-0.25, -0.2) is 5.06 Å². The van der Waals surface area contributed by atoms with E-state index in [1.165, 1.54) is 12.2 Å². The fraction of sp³-hybridized carbons (Fsp3) is 0.562. The summed E-state index contributed by atoms with van der Waals surface area (Å²) in [5.74, 6) is -2.38. The highest BCUT2D eigenvalue weighted by Crippen LogP contribution is 2.40. The molecule has 0 aromatic heterocycles. The highest BCUT2D eigenvalue weighted by molar-refractivity contribution is 6.30. The van der Waals surface area contributed by atoms with Crippen LogP contribution < -0.4 is 0 Å². The Morgan fingerprint density at radius 2 is 1.77 bits per heavy atom. The number of halogens is 1. The molecule has 5 nitrogen and oxygen atoms in total. The Hall–Kier alpha value is -1.14. The quantitative estimate of drug-likeness (QED) is 0.657. The van der Waals surface area contributed by atoms with Crippen LogP contribution in [0.15, 0.2) is 24.3 Å². The second-order valence-electron chi connectivity index (χ2n) is 5.80. The zero-order chi connectivity index (χ0) is 16.3. The number of hydroxylamine groups is 2. The second-order valence-corrected chi connectivity index (χ2v) is 6.24. The van der Waals surface area contributed by atoms with Gasteiger partial charge in [-0.15, -0.1) is 0 Å². The molecule has 1 aliphatic carbocycles. The SMILES string of the molecule is CON(C)C(=O)C1CCC(C(O)(O)c2ccc(Cl)cc2)CC1. The van der Waals surface area contributed by atoms with Gasteiger partial charge >= 0.3 is 0 Å². The molecule has 0 bridgehead atoms. The summed E-state index contributed by atoms with van der Waals surface area (Å²) < 4.78 is 0. The van der Waals surface area contributed by atoms with Crippen molar-refractivity contribution in [3.63, 3.8) is 0 Å². The Kier molecular flexibility index (Phi) is 5.45. The third kappa shape index (κ3) is 3.60. The lowest BCUT2D eigenvalue weighted by Crippen LogP contribution is -2.40. The average Bonchev–Trinajstić information content (AvgIpc) is 2.54. The second kappa shape index (κ2) is 6.96. The lowest BCUT2D eigenvalue weighted by Gasteiger charge is -2.37. The molecule has 1 aromatic rings. The van der Waals surface area contributed by atoms with E-state index in [4.69, 9.17) is 16.4 Å². The van der Waals surface area contributed by atoms with Gasteiger partial charge in [0.15, 0.2) is 5.79 Å². The van der Waals surface area contributed by atoms with Gasteiger partial charge in [0.2, 0.25) is 5.91 Å². The molecule has 0 saturated heterocycles. The lowest BCUT2D eigenvalue weighted by atomic mass is 9.75. The Labute approximate surface area is 135 Å². The molecule has 2 rings (SSSR count). The maximum absolute atomic E-state index is 12.1. The maximum Gasteiger partial charge on any atom is 0.248 e. The summed E-state index contributed by atoms with van der Waals surface area (Å²) in [5.41, 5.74) is 0.431. The van der Waals surface area contributed by atoms with Gasteiger partial charge in [-0.1, -0.05) is 23.7 Å². The summed E-state index contributed by atoms with van der Waals surface area (Å²) in [5, 5.41) is 22.7. The number of aliphatic hydroxyl groups is 2. The van der Waals surface area contributed by atoms with Crippen LogP contribution in [0.3, 0.4) is 0 Å². The van der Waals surface area contributed by atoms with E-state index in [1.807, 2.05) is 0 Å². The number of nitrogens with zero attached hydrogens (tertiary/aromatic N) is 1. The number of amides is 1. The molecule has 0 unspecified atom stereocenters. The third-order valence-electron chi connectivity index (χ3n) is 4.50. The van der Waals surface area contributed by atoms with Crippen molar-refractivity contribution >= 4 is 17.5 Å². The predicted molar refractivity (Wildman–Crippen MR) is 82.8 cm³/mol. The van der Waals surface area contributed by atoms with Gasteiger partial charge in [-0.3, -0.25) is 9.63 Å². The van der Waals surface area contributed by atoms with E-state index < -0.39 is 5.79 Å². The summed E-state index contributed by atoms with van der Waals surface area (Å²) in [4.78, 5) is 17.0. The molecule has 122 valence electrons. The molecule has 0 spiro atoms. The van der Waals surface area contributed by atoms with E-state index in [-0.39, 0.29) is 17.7 Å². The normalized spacial score (nSPS) is 22.4. The van der Waals surface area contributed by atoms with Gasteiger partial charge in [-0.05, 0) is 37.8 Å². The summed E-state index contributed by atoms with van der Waals surface area (Å²) in [6.07, 6.45) is 2.38. The van der Waals surface area contributed by atoms with Crippen molar-refractivity contribution in [1.29, 1.82) is 0 Å². The molecular weight excluding hydrogens is 306 g/mol. The van der Waals surface area contributed by atoms with Crippen LogP contribution in [0.25, 0.3) is 0 Å². The number of carbonyl (C=O) groups is 1. The molecule has 22 heavy (non-hydrogen) atoms. The largest absolute Gasteiger partial charge is 0.362 e. The average molecular weight is 328 g/mol. The standard InChI is InChI=1S/C16H22ClNO4/c1-18(22-2)15(19)11-3-5-12(6-4-11)16(20,21)13-7-9-14(17)10-8-13/h7-12,20-21H,3-6H2,1-2H3. The van der Waals surface area contributed by atoms with E-state index in [9.17, 15) is 15.0 Å². The first-order valence-corrected chi connectivity index (χ1v) is 7.76. The van der Waals surface area contributed by atoms with Crippen LogP contribution in [0.4, 0.5) is 0 Å². The van der Waals surface area contributed by atoms with Crippen molar-refractivity contribution in [3.8, 4) is 0 Å². The Balaban J connectivity index is 2.01. The van der Waals surface area contributed by atoms with Gasteiger partial charge in [-0.2, -0.15) is 0 Å². The molecule has 1 fully saturated rings. The van der Waals surface area contributed by atoms with Gasteiger partial charge in [0.05, 0.1) is 7.11 Å². The van der Waals surface area contributed by atoms with Gasteiger partial charge in [0, 0.05) is 29.5 Å². The molecule has 1 saturated carbocycles. The molecule has 0 atom stereocenters. The molecular formula is C16H22ClNO4. The molecule has 2 N–H and O–H groups in total. The van der Waals surface area contributed by atoms with Crippen molar-refractivity contribution in [2.24, 2.45) is 11.8 Å². The molecule has 0 heterocycles. The minimum atomic E-state index is -1.90. The first-order valence-electron chi connectivity index (χ1n) is 7.38. The van der Waals surface area contributed by atoms with Crippen molar-refractivity contribution in [2.75, 3.05) is 14.2 Å². The predicted octanol–water partition coefficient (Wildman–Crippen LogP) is 2.30. The monoisotopic (exact) mass is 327 g/mol. The van der Waals surface area contributed by atoms with Crippen molar-refractivity contribution in [2.45, 2.75) is 31.5 Å². The molecule has 0 radical (unpaired) electrons. The molecule has 1 amide bonds. The van der Waals surface area contributed by atoms with Crippen LogP contribution in [0, 0.1) is 11.8 Å². The Morgan fingerprint density at radius 3 is 2.27 bits per heavy atom. The first-order chi connectivity index (χ1) is 10.4. The summed E-state index contributed by atoms with van der Waals surface area (Å²) in [6.45, 7) is 0. The molecule has 0 aliphatic heterocycles.